The quantitative estimate of drug-likeness (QED) is 0.165. The topological polar surface area (TPSA) is 102 Å². The van der Waals surface area contributed by atoms with E-state index < -0.39 is 23.1 Å². The molecule has 1 aliphatic rings. The number of alkyl halides is 3. The summed E-state index contributed by atoms with van der Waals surface area (Å²) in [5.41, 5.74) is 4.36. The number of aryl methyl sites for hydroxylation is 2. The molecule has 182 valence electrons. The lowest BCUT2D eigenvalue weighted by molar-refractivity contribution is -0.137. The zero-order valence-corrected chi connectivity index (χ0v) is 20.4. The zero-order chi connectivity index (χ0) is 25.3. The van der Waals surface area contributed by atoms with Gasteiger partial charge in [-0.15, -0.1) is 11.3 Å². The number of para-hydroxylation sites is 1. The summed E-state index contributed by atoms with van der Waals surface area (Å²) in [5.74, 6) is -0.904. The van der Waals surface area contributed by atoms with Gasteiger partial charge in [0.2, 0.25) is 0 Å². The van der Waals surface area contributed by atoms with Crippen LogP contribution in [0.5, 0.6) is 0 Å². The normalized spacial score (nSPS) is 14.7. The third-order valence-corrected chi connectivity index (χ3v) is 7.90. The second-order valence-corrected chi connectivity index (χ2v) is 10.2. The summed E-state index contributed by atoms with van der Waals surface area (Å²) < 4.78 is 42.6. The number of benzene rings is 1. The fraction of sp³-hybridized carbons (Fsp3) is 0.333. The van der Waals surface area contributed by atoms with Crippen molar-refractivity contribution < 1.29 is 18.0 Å². The zero-order valence-electron chi connectivity index (χ0n) is 18.7. The molecule has 2 aromatic heterocycles. The maximum absolute atomic E-state index is 13.9. The van der Waals surface area contributed by atoms with Crippen LogP contribution in [-0.4, -0.2) is 21.1 Å². The molecular weight excluding hydrogens is 497 g/mol. The predicted octanol–water partition coefficient (Wildman–Crippen LogP) is 5.15. The predicted molar refractivity (Wildman–Crippen MR) is 130 cm³/mol. The fourth-order valence-electron chi connectivity index (χ4n) is 4.15. The second-order valence-electron chi connectivity index (χ2n) is 8.18. The first kappa shape index (κ1) is 25.0. The maximum atomic E-state index is 13.9. The molecule has 0 radical (unpaired) electrons. The van der Waals surface area contributed by atoms with Gasteiger partial charge in [0, 0.05) is 10.6 Å². The van der Waals surface area contributed by atoms with Gasteiger partial charge in [-0.2, -0.15) is 18.4 Å². The van der Waals surface area contributed by atoms with Crippen molar-refractivity contribution in [1.29, 1.82) is 5.26 Å². The Hall–Kier alpha value is -3.10. The summed E-state index contributed by atoms with van der Waals surface area (Å²) in [6.07, 6.45) is -0.354. The van der Waals surface area contributed by atoms with Crippen LogP contribution in [0.2, 0.25) is 0 Å². The van der Waals surface area contributed by atoms with Crippen LogP contribution in [-0.2, 0) is 23.8 Å². The van der Waals surface area contributed by atoms with E-state index in [0.29, 0.717) is 16.6 Å². The fourth-order valence-corrected chi connectivity index (χ4v) is 6.33. The van der Waals surface area contributed by atoms with Gasteiger partial charge >= 0.3 is 6.18 Å². The smallest absolute Gasteiger partial charge is 0.401 e. The van der Waals surface area contributed by atoms with Gasteiger partial charge in [-0.1, -0.05) is 30.3 Å². The van der Waals surface area contributed by atoms with Gasteiger partial charge in [-0.05, 0) is 50.3 Å². The Morgan fingerprint density at radius 1 is 1.26 bits per heavy atom. The third-order valence-electron chi connectivity index (χ3n) is 5.78. The molecule has 0 saturated carbocycles. The van der Waals surface area contributed by atoms with E-state index in [0.717, 1.165) is 58.5 Å². The molecule has 1 aromatic carbocycles. The average Bonchev–Trinajstić information content (AvgIpc) is 2.98. The highest BCUT2D eigenvalue weighted by Crippen LogP contribution is 2.37. The van der Waals surface area contributed by atoms with E-state index in [1.807, 2.05) is 0 Å². The molecule has 0 amide bonds. The molecule has 35 heavy (non-hydrogen) atoms. The molecule has 0 saturated heterocycles. The van der Waals surface area contributed by atoms with E-state index in [-0.39, 0.29) is 27.9 Å². The number of carbonyl (C=O) groups is 1. The summed E-state index contributed by atoms with van der Waals surface area (Å²) >= 11 is 2.19. The molecule has 2 N–H and O–H groups in total. The number of rotatable bonds is 5. The highest BCUT2D eigenvalue weighted by Gasteiger charge is 2.35. The largest absolute Gasteiger partial charge is 0.418 e. The number of thioether (sulfide) groups is 1. The lowest BCUT2D eigenvalue weighted by Gasteiger charge is -2.17. The van der Waals surface area contributed by atoms with Crippen LogP contribution in [0.25, 0.3) is 15.9 Å². The number of aromatic nitrogens is 2. The van der Waals surface area contributed by atoms with Crippen LogP contribution < -0.4 is 11.3 Å². The molecule has 6 nitrogen and oxygen atoms in total. The monoisotopic (exact) mass is 518 g/mol. The van der Waals surface area contributed by atoms with E-state index >= 15 is 0 Å². The third kappa shape index (κ3) is 4.86. The summed E-state index contributed by atoms with van der Waals surface area (Å²) in [6, 6.07) is 6.56. The molecule has 0 fully saturated rings. The molecule has 4 rings (SSSR count). The number of nitrogens with zero attached hydrogens (tertiary/aromatic N) is 3. The van der Waals surface area contributed by atoms with Crippen LogP contribution in [0.3, 0.4) is 0 Å². The van der Waals surface area contributed by atoms with Gasteiger partial charge in [0.15, 0.2) is 10.9 Å². The molecule has 11 heteroatoms. The SMILES string of the molecule is C/C(N)=C(\C#N)C(=O)CSc1nc2sc3c(c2c(=O)n1-c1ccccc1C(F)(F)F)CCCCC3. The van der Waals surface area contributed by atoms with Gasteiger partial charge < -0.3 is 5.73 Å². The standard InChI is InChI=1S/C24H21F3N4O2S2/c1-13(29)15(11-28)18(32)12-34-23-30-21-20(14-7-3-2-4-10-19(14)35-21)22(33)31(23)17-9-6-5-8-16(17)24(25,26)27/h5-6,8-9H,2-4,7,10,12,29H2,1H3/b15-13-. The number of hydrogen-bond acceptors (Lipinski definition) is 7. The van der Waals surface area contributed by atoms with Crippen molar-refractivity contribution in [3.8, 4) is 11.8 Å². The van der Waals surface area contributed by atoms with Crippen LogP contribution in [0, 0.1) is 11.3 Å². The minimum Gasteiger partial charge on any atom is -0.401 e. The number of halogens is 3. The van der Waals surface area contributed by atoms with E-state index in [4.69, 9.17) is 5.73 Å². The van der Waals surface area contributed by atoms with Gasteiger partial charge in [0.1, 0.15) is 16.5 Å². The van der Waals surface area contributed by atoms with E-state index in [1.165, 1.54) is 36.5 Å². The molecule has 1 aliphatic carbocycles. The van der Waals surface area contributed by atoms with Gasteiger partial charge in [-0.25, -0.2) is 4.98 Å². The van der Waals surface area contributed by atoms with Crippen molar-refractivity contribution in [2.24, 2.45) is 5.73 Å². The minimum atomic E-state index is -4.71. The van der Waals surface area contributed by atoms with Crippen LogP contribution in [0.15, 0.2) is 45.5 Å². The number of hydrogen-bond donors (Lipinski definition) is 1. The number of nitriles is 1. The van der Waals surface area contributed by atoms with Crippen LogP contribution in [0.1, 0.15) is 42.2 Å². The molecular formula is C24H21F3N4O2S2. The second kappa shape index (κ2) is 9.87. The Kier molecular flexibility index (Phi) is 7.05. The Bertz CT molecular complexity index is 1440. The van der Waals surface area contributed by atoms with Crippen LogP contribution in [0.4, 0.5) is 13.2 Å². The van der Waals surface area contributed by atoms with E-state index in [1.54, 1.807) is 6.07 Å². The van der Waals surface area contributed by atoms with Crippen molar-refractivity contribution in [3.05, 3.63) is 61.9 Å². The van der Waals surface area contributed by atoms with Gasteiger partial charge in [0.25, 0.3) is 5.56 Å². The first-order valence-corrected chi connectivity index (χ1v) is 12.7. The molecule has 3 aromatic rings. The van der Waals surface area contributed by atoms with Crippen molar-refractivity contribution in [3.63, 3.8) is 0 Å². The number of carbonyl (C=O) groups excluding carboxylic acids is 1. The highest BCUT2D eigenvalue weighted by molar-refractivity contribution is 7.99. The molecule has 0 atom stereocenters. The summed E-state index contributed by atoms with van der Waals surface area (Å²) in [4.78, 5) is 32.4. The molecule has 0 unspecified atom stereocenters. The van der Waals surface area contributed by atoms with E-state index in [9.17, 15) is 28.0 Å². The lowest BCUT2D eigenvalue weighted by Crippen LogP contribution is -2.25. The molecule has 0 bridgehead atoms. The van der Waals surface area contributed by atoms with Crippen molar-refractivity contribution >= 4 is 39.1 Å². The summed E-state index contributed by atoms with van der Waals surface area (Å²) in [6.45, 7) is 1.42. The number of nitrogens with two attached hydrogens (primary N) is 1. The Labute approximate surface area is 207 Å². The highest BCUT2D eigenvalue weighted by atomic mass is 32.2. The minimum absolute atomic E-state index is 0.0447. The Balaban J connectivity index is 1.94. The maximum Gasteiger partial charge on any atom is 0.418 e. The van der Waals surface area contributed by atoms with Crippen molar-refractivity contribution in [2.75, 3.05) is 5.75 Å². The number of ketones is 1. The summed E-state index contributed by atoms with van der Waals surface area (Å²) in [7, 11) is 0. The Morgan fingerprint density at radius 3 is 2.66 bits per heavy atom. The molecule has 0 spiro atoms. The molecule has 0 aliphatic heterocycles. The number of allylic oxidation sites excluding steroid dienone is 2. The summed E-state index contributed by atoms with van der Waals surface area (Å²) in [5, 5.41) is 9.51. The first-order valence-electron chi connectivity index (χ1n) is 10.9. The number of Topliss-reactive ketones (excluding diaryl/α,β-unsaturated/α-hetero) is 1. The van der Waals surface area contributed by atoms with Crippen molar-refractivity contribution in [1.82, 2.24) is 9.55 Å². The first-order chi connectivity index (χ1) is 16.6. The Morgan fingerprint density at radius 2 is 1.97 bits per heavy atom. The van der Waals surface area contributed by atoms with Crippen molar-refractivity contribution in [2.45, 2.75) is 50.4 Å². The number of fused-ring (bicyclic) bond motifs is 3. The van der Waals surface area contributed by atoms with Gasteiger partial charge in [-0.3, -0.25) is 14.2 Å². The van der Waals surface area contributed by atoms with Crippen LogP contribution >= 0.6 is 23.1 Å². The van der Waals surface area contributed by atoms with E-state index in [2.05, 4.69) is 4.98 Å². The average molecular weight is 519 g/mol. The number of thiophene rings is 1. The molecule has 2 heterocycles. The lowest BCUT2D eigenvalue weighted by atomic mass is 10.1. The van der Waals surface area contributed by atoms with Gasteiger partial charge in [0.05, 0.1) is 22.4 Å².